The maximum absolute atomic E-state index is 11.7. The lowest BCUT2D eigenvalue weighted by atomic mass is 10.0. The molecule has 0 atom stereocenters. The lowest BCUT2D eigenvalue weighted by Crippen LogP contribution is -2.02. The first-order valence-electron chi connectivity index (χ1n) is 6.78. The third kappa shape index (κ3) is 5.35. The first-order chi connectivity index (χ1) is 9.34. The summed E-state index contributed by atoms with van der Waals surface area (Å²) in [5.41, 5.74) is 1.39. The van der Waals surface area contributed by atoms with E-state index in [1.165, 1.54) is 5.56 Å². The van der Waals surface area contributed by atoms with E-state index in [0.717, 1.165) is 30.7 Å². The molecule has 2 aromatic rings. The van der Waals surface area contributed by atoms with Gasteiger partial charge in [0.15, 0.2) is 0 Å². The standard InChI is InChI=1S/C16H19NOS/c18-15(13-16-17-11-12-19-16)10-6-2-5-9-14-7-3-1-4-8-14/h1,3-4,7-8,11-12H,2,5-6,9-10,13H2. The molecule has 0 aliphatic heterocycles. The lowest BCUT2D eigenvalue weighted by Gasteiger charge is -2.01. The van der Waals surface area contributed by atoms with Crippen LogP contribution >= 0.6 is 11.3 Å². The molecule has 1 aromatic heterocycles. The lowest BCUT2D eigenvalue weighted by molar-refractivity contribution is -0.118. The van der Waals surface area contributed by atoms with E-state index >= 15 is 0 Å². The van der Waals surface area contributed by atoms with Crippen LogP contribution in [0.5, 0.6) is 0 Å². The molecule has 2 rings (SSSR count). The van der Waals surface area contributed by atoms with Crippen LogP contribution in [0.15, 0.2) is 41.9 Å². The van der Waals surface area contributed by atoms with Gasteiger partial charge in [0.1, 0.15) is 5.78 Å². The summed E-state index contributed by atoms with van der Waals surface area (Å²) in [6, 6.07) is 10.5. The first-order valence-corrected chi connectivity index (χ1v) is 7.66. The number of thiazole rings is 1. The van der Waals surface area contributed by atoms with Crippen molar-refractivity contribution in [3.05, 3.63) is 52.5 Å². The fourth-order valence-corrected chi connectivity index (χ4v) is 2.71. The van der Waals surface area contributed by atoms with E-state index in [4.69, 9.17) is 0 Å². The van der Waals surface area contributed by atoms with Crippen molar-refractivity contribution in [1.29, 1.82) is 0 Å². The van der Waals surface area contributed by atoms with Crippen molar-refractivity contribution in [1.82, 2.24) is 4.98 Å². The Labute approximate surface area is 118 Å². The molecule has 0 amide bonds. The smallest absolute Gasteiger partial charge is 0.139 e. The fraction of sp³-hybridized carbons (Fsp3) is 0.375. The third-order valence-electron chi connectivity index (χ3n) is 3.10. The maximum atomic E-state index is 11.7. The molecule has 0 bridgehead atoms. The van der Waals surface area contributed by atoms with Crippen molar-refractivity contribution in [3.8, 4) is 0 Å². The van der Waals surface area contributed by atoms with Crippen LogP contribution in [0.1, 0.15) is 36.3 Å². The van der Waals surface area contributed by atoms with Crippen molar-refractivity contribution in [2.75, 3.05) is 0 Å². The van der Waals surface area contributed by atoms with Gasteiger partial charge in [-0.15, -0.1) is 11.3 Å². The highest BCUT2D eigenvalue weighted by Crippen LogP contribution is 2.10. The van der Waals surface area contributed by atoms with Gasteiger partial charge in [-0.1, -0.05) is 36.8 Å². The van der Waals surface area contributed by atoms with Crippen LogP contribution in [-0.4, -0.2) is 10.8 Å². The summed E-state index contributed by atoms with van der Waals surface area (Å²) < 4.78 is 0. The highest BCUT2D eigenvalue weighted by molar-refractivity contribution is 7.09. The molecule has 0 fully saturated rings. The summed E-state index contributed by atoms with van der Waals surface area (Å²) in [6.07, 6.45) is 7.35. The Balaban J connectivity index is 1.56. The number of aryl methyl sites for hydroxylation is 1. The Morgan fingerprint density at radius 1 is 1.11 bits per heavy atom. The number of carbonyl (C=O) groups is 1. The van der Waals surface area contributed by atoms with Gasteiger partial charge in [0.05, 0.1) is 11.4 Å². The minimum absolute atomic E-state index is 0.315. The van der Waals surface area contributed by atoms with Gasteiger partial charge < -0.3 is 0 Å². The molecule has 100 valence electrons. The highest BCUT2D eigenvalue weighted by Gasteiger charge is 2.05. The molecule has 0 N–H and O–H groups in total. The Kier molecular flexibility index (Phi) is 5.76. The van der Waals surface area contributed by atoms with Crippen molar-refractivity contribution < 1.29 is 4.79 Å². The van der Waals surface area contributed by atoms with Crippen molar-refractivity contribution in [2.24, 2.45) is 0 Å². The average Bonchev–Trinajstić information content (AvgIpc) is 2.92. The van der Waals surface area contributed by atoms with E-state index in [0.29, 0.717) is 18.6 Å². The minimum Gasteiger partial charge on any atom is -0.299 e. The second kappa shape index (κ2) is 7.85. The van der Waals surface area contributed by atoms with Crippen LogP contribution in [0.3, 0.4) is 0 Å². The van der Waals surface area contributed by atoms with Crippen LogP contribution in [-0.2, 0) is 17.6 Å². The summed E-state index contributed by atoms with van der Waals surface area (Å²) >= 11 is 1.56. The van der Waals surface area contributed by atoms with E-state index in [2.05, 4.69) is 29.2 Å². The van der Waals surface area contributed by atoms with E-state index < -0.39 is 0 Å². The van der Waals surface area contributed by atoms with Gasteiger partial charge in [-0.3, -0.25) is 4.79 Å². The van der Waals surface area contributed by atoms with Gasteiger partial charge in [-0.25, -0.2) is 4.98 Å². The predicted octanol–water partition coefficient (Wildman–Crippen LogP) is 4.06. The topological polar surface area (TPSA) is 30.0 Å². The van der Waals surface area contributed by atoms with Crippen molar-refractivity contribution in [3.63, 3.8) is 0 Å². The van der Waals surface area contributed by atoms with Crippen LogP contribution in [0.2, 0.25) is 0 Å². The van der Waals surface area contributed by atoms with Crippen LogP contribution in [0.25, 0.3) is 0 Å². The quantitative estimate of drug-likeness (QED) is 0.679. The molecule has 1 aromatic carbocycles. The molecule has 0 aliphatic rings. The predicted molar refractivity (Wildman–Crippen MR) is 79.4 cm³/mol. The molecule has 2 nitrogen and oxygen atoms in total. The number of carbonyl (C=O) groups excluding carboxylic acids is 1. The van der Waals surface area contributed by atoms with Gasteiger partial charge in [0.2, 0.25) is 0 Å². The molecule has 0 saturated carbocycles. The highest BCUT2D eigenvalue weighted by atomic mass is 32.1. The van der Waals surface area contributed by atoms with Gasteiger partial charge >= 0.3 is 0 Å². The zero-order valence-corrected chi connectivity index (χ0v) is 11.9. The molecular weight excluding hydrogens is 254 g/mol. The number of Topliss-reactive ketones (excluding diaryl/α,β-unsaturated/α-hetero) is 1. The molecule has 3 heteroatoms. The normalized spacial score (nSPS) is 10.5. The number of unbranched alkanes of at least 4 members (excludes halogenated alkanes) is 2. The number of hydrogen-bond donors (Lipinski definition) is 0. The van der Waals surface area contributed by atoms with Crippen LogP contribution in [0, 0.1) is 0 Å². The van der Waals surface area contributed by atoms with Crippen LogP contribution in [0.4, 0.5) is 0 Å². The van der Waals surface area contributed by atoms with Crippen molar-refractivity contribution in [2.45, 2.75) is 38.5 Å². The summed E-state index contributed by atoms with van der Waals surface area (Å²) in [5, 5.41) is 2.86. The molecule has 0 radical (unpaired) electrons. The number of hydrogen-bond acceptors (Lipinski definition) is 3. The fourth-order valence-electron chi connectivity index (χ4n) is 2.07. The van der Waals surface area contributed by atoms with E-state index in [-0.39, 0.29) is 0 Å². The summed E-state index contributed by atoms with van der Waals surface area (Å²) in [7, 11) is 0. The summed E-state index contributed by atoms with van der Waals surface area (Å²) in [4.78, 5) is 15.8. The zero-order valence-electron chi connectivity index (χ0n) is 11.0. The molecule has 1 heterocycles. The number of ketones is 1. The Bertz CT molecular complexity index is 479. The maximum Gasteiger partial charge on any atom is 0.139 e. The third-order valence-corrected chi connectivity index (χ3v) is 3.88. The molecule has 0 saturated heterocycles. The Morgan fingerprint density at radius 3 is 2.68 bits per heavy atom. The molecule has 0 unspecified atom stereocenters. The Hall–Kier alpha value is -1.48. The van der Waals surface area contributed by atoms with E-state index in [1.807, 2.05) is 11.4 Å². The van der Waals surface area contributed by atoms with Gasteiger partial charge in [0, 0.05) is 18.0 Å². The molecule has 0 spiro atoms. The van der Waals surface area contributed by atoms with Crippen molar-refractivity contribution >= 4 is 17.1 Å². The minimum atomic E-state index is 0.315. The van der Waals surface area contributed by atoms with Gasteiger partial charge in [-0.05, 0) is 24.8 Å². The summed E-state index contributed by atoms with van der Waals surface area (Å²) in [6.45, 7) is 0. The van der Waals surface area contributed by atoms with E-state index in [1.54, 1.807) is 17.5 Å². The molecule has 0 aliphatic carbocycles. The molecular formula is C16H19NOS. The number of aromatic nitrogens is 1. The van der Waals surface area contributed by atoms with E-state index in [9.17, 15) is 4.79 Å². The first kappa shape index (κ1) is 13.9. The number of nitrogens with zero attached hydrogens (tertiary/aromatic N) is 1. The SMILES string of the molecule is O=C(CCCCCc1ccccc1)Cc1nccs1. The average molecular weight is 273 g/mol. The second-order valence-electron chi connectivity index (χ2n) is 4.69. The van der Waals surface area contributed by atoms with Gasteiger partial charge in [-0.2, -0.15) is 0 Å². The van der Waals surface area contributed by atoms with Crippen LogP contribution < -0.4 is 0 Å². The summed E-state index contributed by atoms with van der Waals surface area (Å²) in [5.74, 6) is 0.315. The zero-order chi connectivity index (χ0) is 13.3. The number of benzene rings is 1. The Morgan fingerprint density at radius 2 is 1.95 bits per heavy atom. The molecule has 19 heavy (non-hydrogen) atoms. The largest absolute Gasteiger partial charge is 0.299 e. The second-order valence-corrected chi connectivity index (χ2v) is 5.67. The number of rotatable bonds is 8. The van der Waals surface area contributed by atoms with Gasteiger partial charge in [0.25, 0.3) is 0 Å². The monoisotopic (exact) mass is 273 g/mol.